The number of rotatable bonds is 4. The van der Waals surface area contributed by atoms with Gasteiger partial charge in [-0.25, -0.2) is 0 Å². The highest BCUT2D eigenvalue weighted by Crippen LogP contribution is 2.47. The topological polar surface area (TPSA) is 53.1 Å². The number of aromatic nitrogens is 2. The average molecular weight is 223 g/mol. The highest BCUT2D eigenvalue weighted by Gasteiger charge is 2.41. The van der Waals surface area contributed by atoms with Gasteiger partial charge < -0.3 is 10.5 Å². The molecule has 16 heavy (non-hydrogen) atoms. The monoisotopic (exact) mass is 223 g/mol. The first kappa shape index (κ1) is 11.5. The van der Waals surface area contributed by atoms with Gasteiger partial charge >= 0.3 is 0 Å². The van der Waals surface area contributed by atoms with Gasteiger partial charge in [0.1, 0.15) is 0 Å². The van der Waals surface area contributed by atoms with Crippen LogP contribution in [-0.2, 0) is 0 Å². The van der Waals surface area contributed by atoms with Crippen LogP contribution in [0.25, 0.3) is 0 Å². The molecule has 1 aromatic heterocycles. The van der Waals surface area contributed by atoms with Gasteiger partial charge in [-0.15, -0.1) is 0 Å². The number of hydrogen-bond acceptors (Lipinski definition) is 3. The van der Waals surface area contributed by atoms with Gasteiger partial charge in [0, 0.05) is 6.04 Å². The Morgan fingerprint density at radius 1 is 1.56 bits per heavy atom. The van der Waals surface area contributed by atoms with Crippen molar-refractivity contribution in [3.05, 3.63) is 11.9 Å². The van der Waals surface area contributed by atoms with Crippen LogP contribution < -0.4 is 10.5 Å². The van der Waals surface area contributed by atoms with E-state index in [0.717, 1.165) is 17.4 Å². The molecule has 3 unspecified atom stereocenters. The lowest BCUT2D eigenvalue weighted by atomic mass is 10.1. The van der Waals surface area contributed by atoms with Crippen LogP contribution in [-0.4, -0.2) is 16.9 Å². The van der Waals surface area contributed by atoms with Crippen molar-refractivity contribution in [3.8, 4) is 5.75 Å². The number of methoxy groups -OCH3 is 1. The minimum Gasteiger partial charge on any atom is -0.493 e. The number of hydrogen-bond donors (Lipinski definition) is 1. The van der Waals surface area contributed by atoms with Crippen LogP contribution >= 0.6 is 0 Å². The van der Waals surface area contributed by atoms with Gasteiger partial charge in [-0.1, -0.05) is 6.92 Å². The molecule has 1 heterocycles. The summed E-state index contributed by atoms with van der Waals surface area (Å²) in [6, 6.07) is 0.369. The van der Waals surface area contributed by atoms with Gasteiger partial charge in [0.2, 0.25) is 0 Å². The summed E-state index contributed by atoms with van der Waals surface area (Å²) in [4.78, 5) is 0. The largest absolute Gasteiger partial charge is 0.493 e. The second-order valence-corrected chi connectivity index (χ2v) is 5.04. The molecular weight excluding hydrogens is 202 g/mol. The first-order chi connectivity index (χ1) is 7.56. The fourth-order valence-electron chi connectivity index (χ4n) is 2.30. The van der Waals surface area contributed by atoms with Crippen LogP contribution in [0.3, 0.4) is 0 Å². The minimum atomic E-state index is 0.0508. The molecule has 0 aliphatic heterocycles. The molecule has 1 fully saturated rings. The van der Waals surface area contributed by atoms with Crippen molar-refractivity contribution in [3.63, 3.8) is 0 Å². The molecule has 0 saturated heterocycles. The third-order valence-corrected chi connectivity index (χ3v) is 3.46. The highest BCUT2D eigenvalue weighted by atomic mass is 16.5. The third kappa shape index (κ3) is 1.82. The van der Waals surface area contributed by atoms with E-state index >= 15 is 0 Å². The summed E-state index contributed by atoms with van der Waals surface area (Å²) in [5.74, 6) is 2.14. The quantitative estimate of drug-likeness (QED) is 0.850. The van der Waals surface area contributed by atoms with Crippen molar-refractivity contribution in [2.24, 2.45) is 17.6 Å². The molecule has 90 valence electrons. The van der Waals surface area contributed by atoms with Crippen molar-refractivity contribution in [1.82, 2.24) is 9.78 Å². The molecule has 0 radical (unpaired) electrons. The van der Waals surface area contributed by atoms with Crippen LogP contribution in [0.5, 0.6) is 5.75 Å². The normalized spacial score (nSPS) is 25.9. The van der Waals surface area contributed by atoms with Crippen molar-refractivity contribution < 1.29 is 4.74 Å². The van der Waals surface area contributed by atoms with Gasteiger partial charge in [0.05, 0.1) is 25.0 Å². The zero-order chi connectivity index (χ0) is 11.9. The Morgan fingerprint density at radius 2 is 2.19 bits per heavy atom. The standard InChI is InChI=1S/C12H21N3O/c1-7(2)15-12(10(16-4)6-14-15)11(13)9-5-8(9)3/h6-9,11H,5,13H2,1-4H3. The van der Waals surface area contributed by atoms with Crippen molar-refractivity contribution in [1.29, 1.82) is 0 Å². The van der Waals surface area contributed by atoms with Crippen LogP contribution in [0, 0.1) is 11.8 Å². The lowest BCUT2D eigenvalue weighted by Crippen LogP contribution is -2.20. The van der Waals surface area contributed by atoms with Gasteiger partial charge in [0.15, 0.2) is 5.75 Å². The van der Waals surface area contributed by atoms with Crippen molar-refractivity contribution >= 4 is 0 Å². The van der Waals surface area contributed by atoms with E-state index in [0.29, 0.717) is 12.0 Å². The van der Waals surface area contributed by atoms with Crippen LogP contribution in [0.15, 0.2) is 6.20 Å². The summed E-state index contributed by atoms with van der Waals surface area (Å²) >= 11 is 0. The maximum absolute atomic E-state index is 6.31. The first-order valence-electron chi connectivity index (χ1n) is 5.93. The molecule has 4 heteroatoms. The maximum atomic E-state index is 6.31. The fourth-order valence-corrected chi connectivity index (χ4v) is 2.30. The molecule has 0 bridgehead atoms. The maximum Gasteiger partial charge on any atom is 0.161 e. The molecule has 1 aromatic rings. The lowest BCUT2D eigenvalue weighted by Gasteiger charge is -2.17. The van der Waals surface area contributed by atoms with Crippen molar-refractivity contribution in [2.45, 2.75) is 39.3 Å². The zero-order valence-electron chi connectivity index (χ0n) is 10.5. The van der Waals surface area contributed by atoms with E-state index in [1.807, 2.05) is 4.68 Å². The van der Waals surface area contributed by atoms with E-state index < -0.39 is 0 Å². The SMILES string of the molecule is COc1cnn(C(C)C)c1C(N)C1CC1C. The van der Waals surface area contributed by atoms with E-state index in [1.54, 1.807) is 13.3 Å². The van der Waals surface area contributed by atoms with Crippen LogP contribution in [0.1, 0.15) is 45.0 Å². The van der Waals surface area contributed by atoms with E-state index in [4.69, 9.17) is 10.5 Å². The highest BCUT2D eigenvalue weighted by molar-refractivity contribution is 5.30. The summed E-state index contributed by atoms with van der Waals surface area (Å²) < 4.78 is 7.33. The Labute approximate surface area is 96.8 Å². The van der Waals surface area contributed by atoms with E-state index in [9.17, 15) is 0 Å². The van der Waals surface area contributed by atoms with E-state index in [-0.39, 0.29) is 6.04 Å². The molecule has 1 aliphatic rings. The Morgan fingerprint density at radius 3 is 2.62 bits per heavy atom. The second kappa shape index (κ2) is 4.09. The van der Waals surface area contributed by atoms with Crippen LogP contribution in [0.2, 0.25) is 0 Å². The summed E-state index contributed by atoms with van der Waals surface area (Å²) in [6.45, 7) is 6.46. The second-order valence-electron chi connectivity index (χ2n) is 5.04. The van der Waals surface area contributed by atoms with E-state index in [1.165, 1.54) is 6.42 Å². The van der Waals surface area contributed by atoms with Gasteiger partial charge in [-0.05, 0) is 32.1 Å². The van der Waals surface area contributed by atoms with E-state index in [2.05, 4.69) is 25.9 Å². The predicted octanol–water partition coefficient (Wildman–Crippen LogP) is 2.13. The van der Waals surface area contributed by atoms with Crippen LogP contribution in [0.4, 0.5) is 0 Å². The molecule has 0 aromatic carbocycles. The molecule has 1 aliphatic carbocycles. The molecule has 2 rings (SSSR count). The number of nitrogens with zero attached hydrogens (tertiary/aromatic N) is 2. The predicted molar refractivity (Wildman–Crippen MR) is 63.4 cm³/mol. The molecule has 3 atom stereocenters. The van der Waals surface area contributed by atoms with Crippen molar-refractivity contribution in [2.75, 3.05) is 7.11 Å². The Bertz CT molecular complexity index is 372. The summed E-state index contributed by atoms with van der Waals surface area (Å²) in [7, 11) is 1.67. The minimum absolute atomic E-state index is 0.0508. The third-order valence-electron chi connectivity index (χ3n) is 3.46. The molecule has 0 spiro atoms. The molecule has 4 nitrogen and oxygen atoms in total. The Balaban J connectivity index is 2.32. The Kier molecular flexibility index (Phi) is 2.93. The smallest absolute Gasteiger partial charge is 0.161 e. The number of ether oxygens (including phenoxy) is 1. The fraction of sp³-hybridized carbons (Fsp3) is 0.750. The first-order valence-corrected chi connectivity index (χ1v) is 5.93. The summed E-state index contributed by atoms with van der Waals surface area (Å²) in [5.41, 5.74) is 7.36. The summed E-state index contributed by atoms with van der Waals surface area (Å²) in [6.07, 6.45) is 2.98. The summed E-state index contributed by atoms with van der Waals surface area (Å²) in [5, 5.41) is 4.35. The van der Waals surface area contributed by atoms with Gasteiger partial charge in [-0.3, -0.25) is 4.68 Å². The molecule has 2 N–H and O–H groups in total. The van der Waals surface area contributed by atoms with Gasteiger partial charge in [0.25, 0.3) is 0 Å². The Hall–Kier alpha value is -1.03. The zero-order valence-corrected chi connectivity index (χ0v) is 10.5. The van der Waals surface area contributed by atoms with Gasteiger partial charge in [-0.2, -0.15) is 5.10 Å². The molecule has 0 amide bonds. The lowest BCUT2D eigenvalue weighted by molar-refractivity contribution is 0.389. The number of nitrogens with two attached hydrogens (primary N) is 1. The average Bonchev–Trinajstić information content (AvgIpc) is 2.82. The molecular formula is C12H21N3O. The molecule has 1 saturated carbocycles.